The van der Waals surface area contributed by atoms with Gasteiger partial charge in [0.25, 0.3) is 5.91 Å². The average molecular weight is 359 g/mol. The van der Waals surface area contributed by atoms with Crippen LogP contribution in [0, 0.1) is 0 Å². The van der Waals surface area contributed by atoms with E-state index in [1.54, 1.807) is 31.4 Å². The Morgan fingerprint density at radius 1 is 1.19 bits per heavy atom. The molecule has 0 bridgehead atoms. The maximum Gasteiger partial charge on any atom is 0.321 e. The molecule has 0 unspecified atom stereocenters. The number of benzene rings is 1. The third-order valence-electron chi connectivity index (χ3n) is 3.86. The summed E-state index contributed by atoms with van der Waals surface area (Å²) in [5, 5.41) is 2.80. The third kappa shape index (κ3) is 4.37. The molecule has 0 radical (unpaired) electrons. The lowest BCUT2D eigenvalue weighted by Gasteiger charge is -2.26. The van der Waals surface area contributed by atoms with Crippen LogP contribution in [-0.2, 0) is 11.3 Å². The summed E-state index contributed by atoms with van der Waals surface area (Å²) >= 11 is 0. The number of anilines is 1. The molecule has 26 heavy (non-hydrogen) atoms. The van der Waals surface area contributed by atoms with Gasteiger partial charge < -0.3 is 24.4 Å². The summed E-state index contributed by atoms with van der Waals surface area (Å²) < 4.78 is 15.6. The van der Waals surface area contributed by atoms with Gasteiger partial charge >= 0.3 is 6.01 Å². The molecule has 0 atom stereocenters. The van der Waals surface area contributed by atoms with Crippen LogP contribution in [0.4, 0.5) is 5.95 Å². The maximum atomic E-state index is 12.3. The molecule has 0 spiro atoms. The molecule has 9 heteroatoms. The largest absolute Gasteiger partial charge is 0.497 e. The standard InChI is InChI=1S/C17H21N5O4/c1-24-13-5-3-4-12(10-13)15(23)18-11-14-19-16(21-17(20-14)25-2)22-6-8-26-9-7-22/h3-5,10H,6-9,11H2,1-2H3,(H,18,23). The lowest BCUT2D eigenvalue weighted by atomic mass is 10.2. The van der Waals surface area contributed by atoms with Crippen molar-refractivity contribution in [1.29, 1.82) is 0 Å². The van der Waals surface area contributed by atoms with Gasteiger partial charge in [0.15, 0.2) is 5.82 Å². The van der Waals surface area contributed by atoms with Gasteiger partial charge in [-0.2, -0.15) is 15.0 Å². The smallest absolute Gasteiger partial charge is 0.321 e. The Bertz CT molecular complexity index is 765. The predicted octanol–water partition coefficient (Wildman–Crippen LogP) is 0.655. The van der Waals surface area contributed by atoms with Gasteiger partial charge in [0.2, 0.25) is 5.95 Å². The number of aromatic nitrogens is 3. The SMILES string of the molecule is COc1cccc(C(=O)NCc2nc(OC)nc(N3CCOCC3)n2)c1. The lowest BCUT2D eigenvalue weighted by Crippen LogP contribution is -2.37. The molecule has 1 aromatic heterocycles. The lowest BCUT2D eigenvalue weighted by molar-refractivity contribution is 0.0949. The Balaban J connectivity index is 1.71. The second kappa shape index (κ2) is 8.43. The molecule has 2 aromatic rings. The molecule has 138 valence electrons. The fourth-order valence-electron chi connectivity index (χ4n) is 2.49. The van der Waals surface area contributed by atoms with Gasteiger partial charge in [-0.15, -0.1) is 0 Å². The summed E-state index contributed by atoms with van der Waals surface area (Å²) in [5.41, 5.74) is 0.499. The van der Waals surface area contributed by atoms with E-state index in [0.717, 1.165) is 0 Å². The zero-order valence-corrected chi connectivity index (χ0v) is 14.8. The number of nitrogens with zero attached hydrogens (tertiary/aromatic N) is 4. The van der Waals surface area contributed by atoms with Crippen molar-refractivity contribution in [3.8, 4) is 11.8 Å². The quantitative estimate of drug-likeness (QED) is 0.803. The molecule has 0 saturated carbocycles. The van der Waals surface area contributed by atoms with E-state index in [0.29, 0.717) is 49.4 Å². The minimum absolute atomic E-state index is 0.159. The first kappa shape index (κ1) is 17.9. The number of carbonyl (C=O) groups excluding carboxylic acids is 1. The van der Waals surface area contributed by atoms with Crippen molar-refractivity contribution in [1.82, 2.24) is 20.3 Å². The van der Waals surface area contributed by atoms with Gasteiger partial charge in [0, 0.05) is 18.7 Å². The van der Waals surface area contributed by atoms with E-state index >= 15 is 0 Å². The van der Waals surface area contributed by atoms with E-state index in [-0.39, 0.29) is 18.5 Å². The van der Waals surface area contributed by atoms with Crippen LogP contribution in [0.15, 0.2) is 24.3 Å². The zero-order valence-electron chi connectivity index (χ0n) is 14.8. The summed E-state index contributed by atoms with van der Waals surface area (Å²) in [7, 11) is 3.05. The number of ether oxygens (including phenoxy) is 3. The summed E-state index contributed by atoms with van der Waals surface area (Å²) in [4.78, 5) is 27.2. The third-order valence-corrected chi connectivity index (χ3v) is 3.86. The number of rotatable bonds is 6. The minimum Gasteiger partial charge on any atom is -0.497 e. The highest BCUT2D eigenvalue weighted by atomic mass is 16.5. The Labute approximate surface area is 151 Å². The molecule has 1 amide bonds. The van der Waals surface area contributed by atoms with Gasteiger partial charge in [-0.1, -0.05) is 6.07 Å². The molecule has 3 rings (SSSR count). The van der Waals surface area contributed by atoms with Gasteiger partial charge in [0.05, 0.1) is 34.0 Å². The van der Waals surface area contributed by atoms with Crippen molar-refractivity contribution >= 4 is 11.9 Å². The molecule has 1 fully saturated rings. The Morgan fingerprint density at radius 2 is 2.00 bits per heavy atom. The molecule has 1 aliphatic rings. The molecule has 9 nitrogen and oxygen atoms in total. The van der Waals surface area contributed by atoms with Crippen molar-refractivity contribution in [2.45, 2.75) is 6.54 Å². The Hall–Kier alpha value is -2.94. The molecule has 1 saturated heterocycles. The van der Waals surface area contributed by atoms with Crippen LogP contribution >= 0.6 is 0 Å². The molecular formula is C17H21N5O4. The molecule has 1 aliphatic heterocycles. The van der Waals surface area contributed by atoms with Crippen molar-refractivity contribution in [3.63, 3.8) is 0 Å². The van der Waals surface area contributed by atoms with Crippen LogP contribution in [0.1, 0.15) is 16.2 Å². The van der Waals surface area contributed by atoms with E-state index in [4.69, 9.17) is 14.2 Å². The molecule has 1 N–H and O–H groups in total. The minimum atomic E-state index is -0.240. The topological polar surface area (TPSA) is 98.7 Å². The van der Waals surface area contributed by atoms with E-state index in [2.05, 4.69) is 20.3 Å². The highest BCUT2D eigenvalue weighted by Crippen LogP contribution is 2.15. The Morgan fingerprint density at radius 3 is 2.73 bits per heavy atom. The van der Waals surface area contributed by atoms with Crippen LogP contribution in [-0.4, -0.2) is 61.4 Å². The highest BCUT2D eigenvalue weighted by Gasteiger charge is 2.17. The van der Waals surface area contributed by atoms with E-state index in [9.17, 15) is 4.79 Å². The van der Waals surface area contributed by atoms with E-state index < -0.39 is 0 Å². The summed E-state index contributed by atoms with van der Waals surface area (Å²) in [6.45, 7) is 2.80. The molecule has 2 heterocycles. The number of morpholine rings is 1. The Kier molecular flexibility index (Phi) is 5.80. The number of nitrogens with one attached hydrogen (secondary N) is 1. The molecular weight excluding hydrogens is 338 g/mol. The highest BCUT2D eigenvalue weighted by molar-refractivity contribution is 5.94. The van der Waals surface area contributed by atoms with Crippen LogP contribution in [0.25, 0.3) is 0 Å². The first-order valence-corrected chi connectivity index (χ1v) is 8.23. The van der Waals surface area contributed by atoms with Crippen molar-refractivity contribution in [3.05, 3.63) is 35.7 Å². The van der Waals surface area contributed by atoms with Crippen LogP contribution in [0.3, 0.4) is 0 Å². The first-order valence-electron chi connectivity index (χ1n) is 8.23. The van der Waals surface area contributed by atoms with Crippen molar-refractivity contribution in [2.24, 2.45) is 0 Å². The van der Waals surface area contributed by atoms with E-state index in [1.165, 1.54) is 7.11 Å². The fourth-order valence-corrected chi connectivity index (χ4v) is 2.49. The van der Waals surface area contributed by atoms with Crippen LogP contribution < -0.4 is 19.7 Å². The van der Waals surface area contributed by atoms with Crippen molar-refractivity contribution < 1.29 is 19.0 Å². The predicted molar refractivity (Wildman–Crippen MR) is 93.6 cm³/mol. The second-order valence-electron chi connectivity index (χ2n) is 5.55. The maximum absolute atomic E-state index is 12.3. The zero-order chi connectivity index (χ0) is 18.4. The van der Waals surface area contributed by atoms with E-state index in [1.807, 2.05) is 4.90 Å². The van der Waals surface area contributed by atoms with Crippen LogP contribution in [0.5, 0.6) is 11.8 Å². The second-order valence-corrected chi connectivity index (χ2v) is 5.55. The number of carbonyl (C=O) groups is 1. The normalized spacial score (nSPS) is 14.0. The first-order chi connectivity index (χ1) is 12.7. The fraction of sp³-hybridized carbons (Fsp3) is 0.412. The van der Waals surface area contributed by atoms with Crippen molar-refractivity contribution in [2.75, 3.05) is 45.4 Å². The van der Waals surface area contributed by atoms with Gasteiger partial charge in [-0.25, -0.2) is 0 Å². The molecule has 0 aliphatic carbocycles. The average Bonchev–Trinajstić information content (AvgIpc) is 2.72. The monoisotopic (exact) mass is 359 g/mol. The number of amides is 1. The number of hydrogen-bond donors (Lipinski definition) is 1. The summed E-state index contributed by atoms with van der Waals surface area (Å²) in [6, 6.07) is 7.14. The molecule has 1 aromatic carbocycles. The van der Waals surface area contributed by atoms with Gasteiger partial charge in [0.1, 0.15) is 5.75 Å². The van der Waals surface area contributed by atoms with Gasteiger partial charge in [-0.3, -0.25) is 4.79 Å². The van der Waals surface area contributed by atoms with Crippen LogP contribution in [0.2, 0.25) is 0 Å². The number of hydrogen-bond acceptors (Lipinski definition) is 8. The summed E-state index contributed by atoms with van der Waals surface area (Å²) in [6.07, 6.45) is 0. The number of methoxy groups -OCH3 is 2. The summed E-state index contributed by atoms with van der Waals surface area (Å²) in [5.74, 6) is 1.32. The van der Waals surface area contributed by atoms with Gasteiger partial charge in [-0.05, 0) is 18.2 Å².